The van der Waals surface area contributed by atoms with E-state index < -0.39 is 5.92 Å². The van der Waals surface area contributed by atoms with Crippen LogP contribution < -0.4 is 10.1 Å². The van der Waals surface area contributed by atoms with Crippen molar-refractivity contribution in [3.63, 3.8) is 0 Å². The van der Waals surface area contributed by atoms with Crippen molar-refractivity contribution < 1.29 is 18.3 Å². The van der Waals surface area contributed by atoms with Gasteiger partial charge in [0.1, 0.15) is 5.75 Å². The van der Waals surface area contributed by atoms with Gasteiger partial charge in [0, 0.05) is 31.6 Å². The van der Waals surface area contributed by atoms with E-state index in [0.717, 1.165) is 16.9 Å². The van der Waals surface area contributed by atoms with Gasteiger partial charge in [0.15, 0.2) is 0 Å². The molecule has 25 heavy (non-hydrogen) atoms. The summed E-state index contributed by atoms with van der Waals surface area (Å²) in [5, 5.41) is 2.79. The number of hydrogen-bond donors (Lipinski definition) is 1. The van der Waals surface area contributed by atoms with Crippen molar-refractivity contribution >= 4 is 11.7 Å². The van der Waals surface area contributed by atoms with Crippen LogP contribution in [0.5, 0.6) is 5.75 Å². The molecular formula is C19H20F2N2O2. The van der Waals surface area contributed by atoms with E-state index in [1.165, 1.54) is 4.90 Å². The number of nitrogens with one attached hydrogen (secondary N) is 1. The van der Waals surface area contributed by atoms with Gasteiger partial charge in [0.05, 0.1) is 7.11 Å². The summed E-state index contributed by atoms with van der Waals surface area (Å²) >= 11 is 0. The SMILES string of the molecule is COc1cccc(-c2cccc(NC(=O)N3CCC(F)(F)CC3)c2)c1. The molecule has 2 amide bonds. The molecule has 0 aliphatic carbocycles. The second-order valence-corrected chi connectivity index (χ2v) is 6.09. The molecule has 4 nitrogen and oxygen atoms in total. The number of halogens is 2. The molecule has 2 aromatic carbocycles. The quantitative estimate of drug-likeness (QED) is 0.881. The van der Waals surface area contributed by atoms with E-state index in [4.69, 9.17) is 4.74 Å². The van der Waals surface area contributed by atoms with Gasteiger partial charge in [-0.25, -0.2) is 13.6 Å². The molecule has 0 saturated carbocycles. The zero-order valence-electron chi connectivity index (χ0n) is 14.0. The maximum atomic E-state index is 13.2. The smallest absolute Gasteiger partial charge is 0.321 e. The molecule has 0 unspecified atom stereocenters. The minimum Gasteiger partial charge on any atom is -0.497 e. The van der Waals surface area contributed by atoms with E-state index in [0.29, 0.717) is 5.69 Å². The van der Waals surface area contributed by atoms with Gasteiger partial charge in [-0.2, -0.15) is 0 Å². The molecule has 1 N–H and O–H groups in total. The largest absolute Gasteiger partial charge is 0.497 e. The standard InChI is InChI=1S/C19H20F2N2O2/c1-25-17-7-3-5-15(13-17)14-4-2-6-16(12-14)22-18(24)23-10-8-19(20,21)9-11-23/h2-7,12-13H,8-11H2,1H3,(H,22,24). The summed E-state index contributed by atoms with van der Waals surface area (Å²) < 4.78 is 31.6. The Balaban J connectivity index is 1.70. The number of carbonyl (C=O) groups is 1. The molecule has 0 aromatic heterocycles. The Kier molecular flexibility index (Phi) is 4.88. The third-order valence-electron chi connectivity index (χ3n) is 4.30. The number of nitrogens with zero attached hydrogens (tertiary/aromatic N) is 1. The Labute approximate surface area is 145 Å². The number of hydrogen-bond acceptors (Lipinski definition) is 2. The highest BCUT2D eigenvalue weighted by Gasteiger charge is 2.35. The van der Waals surface area contributed by atoms with Gasteiger partial charge in [-0.05, 0) is 35.4 Å². The minimum absolute atomic E-state index is 0.0639. The van der Waals surface area contributed by atoms with Crippen LogP contribution in [0.3, 0.4) is 0 Å². The van der Waals surface area contributed by atoms with Crippen LogP contribution in [0.15, 0.2) is 48.5 Å². The van der Waals surface area contributed by atoms with E-state index in [-0.39, 0.29) is 32.0 Å². The van der Waals surface area contributed by atoms with Crippen LogP contribution in [-0.2, 0) is 0 Å². The van der Waals surface area contributed by atoms with Gasteiger partial charge in [-0.3, -0.25) is 0 Å². The molecule has 1 aliphatic heterocycles. The van der Waals surface area contributed by atoms with Crippen molar-refractivity contribution in [2.45, 2.75) is 18.8 Å². The second kappa shape index (κ2) is 7.09. The normalized spacial score (nSPS) is 16.4. The topological polar surface area (TPSA) is 41.6 Å². The third-order valence-corrected chi connectivity index (χ3v) is 4.30. The first-order chi connectivity index (χ1) is 12.0. The van der Waals surface area contributed by atoms with E-state index in [1.807, 2.05) is 42.5 Å². The average Bonchev–Trinajstić information content (AvgIpc) is 2.62. The van der Waals surface area contributed by atoms with Crippen LogP contribution in [0.4, 0.5) is 19.3 Å². The van der Waals surface area contributed by atoms with Gasteiger partial charge in [0.25, 0.3) is 5.92 Å². The summed E-state index contributed by atoms with van der Waals surface area (Å²) in [4.78, 5) is 13.7. The molecule has 2 aromatic rings. The van der Waals surface area contributed by atoms with Crippen molar-refractivity contribution in [2.75, 3.05) is 25.5 Å². The highest BCUT2D eigenvalue weighted by molar-refractivity contribution is 5.90. The Bertz CT molecular complexity index is 755. The van der Waals surface area contributed by atoms with E-state index in [2.05, 4.69) is 5.32 Å². The molecule has 3 rings (SSSR count). The molecule has 1 saturated heterocycles. The molecule has 0 bridgehead atoms. The van der Waals surface area contributed by atoms with Crippen LogP contribution >= 0.6 is 0 Å². The predicted molar refractivity (Wildman–Crippen MR) is 93.2 cm³/mol. The Hall–Kier alpha value is -2.63. The van der Waals surface area contributed by atoms with Crippen LogP contribution in [0.1, 0.15) is 12.8 Å². The lowest BCUT2D eigenvalue weighted by atomic mass is 10.0. The van der Waals surface area contributed by atoms with Crippen molar-refractivity contribution in [3.05, 3.63) is 48.5 Å². The molecule has 132 valence electrons. The number of anilines is 1. The lowest BCUT2D eigenvalue weighted by molar-refractivity contribution is -0.0461. The van der Waals surface area contributed by atoms with Gasteiger partial charge in [-0.15, -0.1) is 0 Å². The number of carbonyl (C=O) groups excluding carboxylic acids is 1. The number of methoxy groups -OCH3 is 1. The number of piperidine rings is 1. The van der Waals surface area contributed by atoms with Crippen LogP contribution in [0, 0.1) is 0 Å². The van der Waals surface area contributed by atoms with Crippen LogP contribution in [-0.4, -0.2) is 37.1 Å². The molecule has 0 atom stereocenters. The fourth-order valence-corrected chi connectivity index (χ4v) is 2.82. The fourth-order valence-electron chi connectivity index (χ4n) is 2.82. The molecule has 0 spiro atoms. The zero-order chi connectivity index (χ0) is 17.9. The first-order valence-corrected chi connectivity index (χ1v) is 8.15. The van der Waals surface area contributed by atoms with Crippen LogP contribution in [0.25, 0.3) is 11.1 Å². The third kappa shape index (κ3) is 4.26. The summed E-state index contributed by atoms with van der Waals surface area (Å²) in [7, 11) is 1.61. The maximum Gasteiger partial charge on any atom is 0.321 e. The monoisotopic (exact) mass is 346 g/mol. The molecule has 0 radical (unpaired) electrons. The number of likely N-dealkylation sites (tertiary alicyclic amines) is 1. The van der Waals surface area contributed by atoms with Crippen molar-refractivity contribution in [2.24, 2.45) is 0 Å². The summed E-state index contributed by atoms with van der Waals surface area (Å²) in [5.41, 5.74) is 2.53. The van der Waals surface area contributed by atoms with Crippen molar-refractivity contribution in [1.82, 2.24) is 4.90 Å². The van der Waals surface area contributed by atoms with E-state index in [1.54, 1.807) is 13.2 Å². The lowest BCUT2D eigenvalue weighted by Crippen LogP contribution is -2.44. The molecule has 1 aliphatic rings. The van der Waals surface area contributed by atoms with Crippen molar-refractivity contribution in [3.8, 4) is 16.9 Å². The number of ether oxygens (including phenoxy) is 1. The van der Waals surface area contributed by atoms with Gasteiger partial charge in [0.2, 0.25) is 0 Å². The Morgan fingerprint density at radius 1 is 1.08 bits per heavy atom. The number of rotatable bonds is 3. The zero-order valence-corrected chi connectivity index (χ0v) is 14.0. The fraction of sp³-hybridized carbons (Fsp3) is 0.316. The molecule has 6 heteroatoms. The number of urea groups is 1. The van der Waals surface area contributed by atoms with E-state index in [9.17, 15) is 13.6 Å². The summed E-state index contributed by atoms with van der Waals surface area (Å²) in [6, 6.07) is 14.7. The first-order valence-electron chi connectivity index (χ1n) is 8.15. The van der Waals surface area contributed by atoms with Crippen molar-refractivity contribution in [1.29, 1.82) is 0 Å². The Morgan fingerprint density at radius 2 is 1.72 bits per heavy atom. The van der Waals surface area contributed by atoms with E-state index >= 15 is 0 Å². The highest BCUT2D eigenvalue weighted by Crippen LogP contribution is 2.29. The predicted octanol–water partition coefficient (Wildman–Crippen LogP) is 4.63. The minimum atomic E-state index is -2.66. The molecular weight excluding hydrogens is 326 g/mol. The summed E-state index contributed by atoms with van der Waals surface area (Å²) in [6.45, 7) is 0.128. The lowest BCUT2D eigenvalue weighted by Gasteiger charge is -2.31. The summed E-state index contributed by atoms with van der Waals surface area (Å²) in [6.07, 6.45) is -0.575. The summed E-state index contributed by atoms with van der Waals surface area (Å²) in [5.74, 6) is -1.91. The van der Waals surface area contributed by atoms with Crippen LogP contribution in [0.2, 0.25) is 0 Å². The Morgan fingerprint density at radius 3 is 2.40 bits per heavy atom. The number of amides is 2. The first kappa shape index (κ1) is 17.2. The van der Waals surface area contributed by atoms with Gasteiger partial charge < -0.3 is 15.0 Å². The van der Waals surface area contributed by atoms with Gasteiger partial charge >= 0.3 is 6.03 Å². The second-order valence-electron chi connectivity index (χ2n) is 6.09. The molecule has 1 heterocycles. The number of benzene rings is 2. The average molecular weight is 346 g/mol. The highest BCUT2D eigenvalue weighted by atomic mass is 19.3. The maximum absolute atomic E-state index is 13.2. The van der Waals surface area contributed by atoms with Gasteiger partial charge in [-0.1, -0.05) is 24.3 Å². The molecule has 1 fully saturated rings. The number of alkyl halides is 2.